The van der Waals surface area contributed by atoms with Crippen molar-refractivity contribution in [3.8, 4) is 5.69 Å². The molecule has 0 unspecified atom stereocenters. The van der Waals surface area contributed by atoms with Crippen molar-refractivity contribution in [1.29, 1.82) is 0 Å². The monoisotopic (exact) mass is 351 g/mol. The molecule has 1 aliphatic heterocycles. The summed E-state index contributed by atoms with van der Waals surface area (Å²) in [5.74, 6) is 0.0811. The number of nitrogens with zero attached hydrogens (tertiary/aromatic N) is 5. The number of rotatable bonds is 4. The summed E-state index contributed by atoms with van der Waals surface area (Å²) < 4.78 is 1.66. The third-order valence-electron chi connectivity index (χ3n) is 4.22. The molecule has 0 N–H and O–H groups in total. The van der Waals surface area contributed by atoms with E-state index in [1.807, 2.05) is 60.4 Å². The van der Waals surface area contributed by atoms with E-state index < -0.39 is 0 Å². The molecule has 2 aromatic carbocycles. The van der Waals surface area contributed by atoms with Gasteiger partial charge in [0, 0.05) is 12.2 Å². The van der Waals surface area contributed by atoms with Gasteiger partial charge < -0.3 is 4.90 Å². The van der Waals surface area contributed by atoms with Gasteiger partial charge in [0.05, 0.1) is 10.9 Å². The fourth-order valence-corrected chi connectivity index (χ4v) is 3.85. The Hall–Kier alpha value is -2.67. The van der Waals surface area contributed by atoms with Crippen LogP contribution in [-0.2, 0) is 11.2 Å². The second kappa shape index (κ2) is 6.68. The lowest BCUT2D eigenvalue weighted by atomic mass is 10.2. The van der Waals surface area contributed by atoms with Crippen LogP contribution in [0.5, 0.6) is 0 Å². The first kappa shape index (κ1) is 15.8. The first-order valence-corrected chi connectivity index (χ1v) is 9.02. The molecule has 0 aliphatic carbocycles. The van der Waals surface area contributed by atoms with Crippen LogP contribution >= 0.6 is 11.8 Å². The zero-order valence-electron chi connectivity index (χ0n) is 13.7. The van der Waals surface area contributed by atoms with Gasteiger partial charge in [-0.1, -0.05) is 48.2 Å². The van der Waals surface area contributed by atoms with Crippen molar-refractivity contribution in [2.24, 2.45) is 0 Å². The van der Waals surface area contributed by atoms with Gasteiger partial charge >= 0.3 is 0 Å². The minimum atomic E-state index is -0.278. The average Bonchev–Trinajstić information content (AvgIpc) is 3.28. The van der Waals surface area contributed by atoms with Crippen molar-refractivity contribution in [2.75, 3.05) is 11.4 Å². The third kappa shape index (κ3) is 3.02. The maximum Gasteiger partial charge on any atom is 0.240 e. The lowest BCUT2D eigenvalue weighted by Gasteiger charge is -2.21. The quantitative estimate of drug-likeness (QED) is 0.676. The van der Waals surface area contributed by atoms with E-state index in [1.165, 1.54) is 17.3 Å². The van der Waals surface area contributed by atoms with Crippen LogP contribution < -0.4 is 4.90 Å². The van der Waals surface area contributed by atoms with E-state index in [0.717, 1.165) is 24.3 Å². The summed E-state index contributed by atoms with van der Waals surface area (Å²) in [5, 5.41) is 12.2. The van der Waals surface area contributed by atoms with E-state index in [-0.39, 0.29) is 11.2 Å². The number of hydrogen-bond donors (Lipinski definition) is 0. The molecule has 1 amide bonds. The molecule has 0 saturated carbocycles. The van der Waals surface area contributed by atoms with Crippen molar-refractivity contribution in [3.63, 3.8) is 0 Å². The Balaban J connectivity index is 1.53. The first-order valence-electron chi connectivity index (χ1n) is 8.14. The predicted molar refractivity (Wildman–Crippen MR) is 97.0 cm³/mol. The third-order valence-corrected chi connectivity index (χ3v) is 5.25. The SMILES string of the molecule is C[C@@H](Sc1nnnn1-c1ccccc1)C(=O)N1CCc2ccccc21. The summed E-state index contributed by atoms with van der Waals surface area (Å²) in [6.07, 6.45) is 0.904. The van der Waals surface area contributed by atoms with Gasteiger partial charge in [0.2, 0.25) is 11.1 Å². The van der Waals surface area contributed by atoms with E-state index in [2.05, 4.69) is 21.6 Å². The fourth-order valence-electron chi connectivity index (χ4n) is 2.98. The Bertz CT molecular complexity index is 895. The van der Waals surface area contributed by atoms with Gasteiger partial charge in [0.15, 0.2) is 0 Å². The van der Waals surface area contributed by atoms with E-state index >= 15 is 0 Å². The molecule has 1 aromatic heterocycles. The number of para-hydroxylation sites is 2. The Morgan fingerprint density at radius 3 is 2.72 bits per heavy atom. The maximum atomic E-state index is 12.9. The zero-order chi connectivity index (χ0) is 17.2. The van der Waals surface area contributed by atoms with Gasteiger partial charge in [-0.3, -0.25) is 4.79 Å². The topological polar surface area (TPSA) is 63.9 Å². The highest BCUT2D eigenvalue weighted by molar-refractivity contribution is 8.00. The largest absolute Gasteiger partial charge is 0.311 e. The molecule has 6 nitrogen and oxygen atoms in total. The maximum absolute atomic E-state index is 12.9. The number of thioether (sulfide) groups is 1. The van der Waals surface area contributed by atoms with E-state index in [1.54, 1.807) is 4.68 Å². The summed E-state index contributed by atoms with van der Waals surface area (Å²) in [4.78, 5) is 14.8. The molecule has 126 valence electrons. The van der Waals surface area contributed by atoms with Gasteiger partial charge in [-0.25, -0.2) is 0 Å². The molecular weight excluding hydrogens is 334 g/mol. The van der Waals surface area contributed by atoms with Crippen LogP contribution in [0.25, 0.3) is 5.69 Å². The minimum absolute atomic E-state index is 0.0811. The van der Waals surface area contributed by atoms with Crippen LogP contribution in [0.4, 0.5) is 5.69 Å². The molecule has 1 aliphatic rings. The van der Waals surface area contributed by atoms with Crippen molar-refractivity contribution in [3.05, 3.63) is 60.2 Å². The van der Waals surface area contributed by atoms with Crippen LogP contribution in [0.3, 0.4) is 0 Å². The highest BCUT2D eigenvalue weighted by Crippen LogP contribution is 2.31. The Labute approximate surface area is 149 Å². The molecule has 3 aromatic rings. The average molecular weight is 351 g/mol. The number of anilines is 1. The van der Waals surface area contributed by atoms with Crippen LogP contribution in [-0.4, -0.2) is 37.9 Å². The summed E-state index contributed by atoms with van der Waals surface area (Å²) in [5.41, 5.74) is 3.12. The smallest absolute Gasteiger partial charge is 0.240 e. The van der Waals surface area contributed by atoms with Crippen molar-refractivity contribution in [1.82, 2.24) is 20.2 Å². The summed E-state index contributed by atoms with van der Waals surface area (Å²) in [7, 11) is 0. The van der Waals surface area contributed by atoms with Crippen LogP contribution in [0, 0.1) is 0 Å². The second-order valence-corrected chi connectivity index (χ2v) is 7.15. The number of aromatic nitrogens is 4. The highest BCUT2D eigenvalue weighted by Gasteiger charge is 2.29. The first-order chi connectivity index (χ1) is 12.2. The molecule has 4 rings (SSSR count). The van der Waals surface area contributed by atoms with Gasteiger partial charge in [0.1, 0.15) is 0 Å². The van der Waals surface area contributed by atoms with Crippen molar-refractivity contribution < 1.29 is 4.79 Å². The number of benzene rings is 2. The standard InChI is InChI=1S/C18H17N5OS/c1-13(17(24)22-12-11-14-7-5-6-10-16(14)22)25-18-19-20-21-23(18)15-8-3-2-4-9-15/h2-10,13H,11-12H2,1H3/t13-/m1/s1. The molecule has 0 spiro atoms. The van der Waals surface area contributed by atoms with Gasteiger partial charge in [-0.05, 0) is 47.5 Å². The summed E-state index contributed by atoms with van der Waals surface area (Å²) in [6.45, 7) is 2.63. The molecule has 2 heterocycles. The summed E-state index contributed by atoms with van der Waals surface area (Å²) in [6, 6.07) is 17.7. The number of tetrazole rings is 1. The zero-order valence-corrected chi connectivity index (χ0v) is 14.6. The normalized spacial score (nSPS) is 14.4. The molecular formula is C18H17N5OS. The molecule has 1 atom stereocenters. The van der Waals surface area contributed by atoms with Crippen molar-refractivity contribution in [2.45, 2.75) is 23.8 Å². The Kier molecular flexibility index (Phi) is 4.23. The fraction of sp³-hybridized carbons (Fsp3) is 0.222. The molecule has 0 bridgehead atoms. The number of fused-ring (bicyclic) bond motifs is 1. The lowest BCUT2D eigenvalue weighted by molar-refractivity contribution is -0.117. The van der Waals surface area contributed by atoms with Crippen LogP contribution in [0.15, 0.2) is 59.8 Å². The van der Waals surface area contributed by atoms with E-state index in [9.17, 15) is 4.79 Å². The number of hydrogen-bond acceptors (Lipinski definition) is 5. The molecule has 0 fully saturated rings. The van der Waals surface area contributed by atoms with Crippen molar-refractivity contribution >= 4 is 23.4 Å². The number of carbonyl (C=O) groups excluding carboxylic acids is 1. The van der Waals surface area contributed by atoms with Crippen LogP contribution in [0.1, 0.15) is 12.5 Å². The summed E-state index contributed by atoms with van der Waals surface area (Å²) >= 11 is 1.38. The van der Waals surface area contributed by atoms with Gasteiger partial charge in [-0.15, -0.1) is 5.10 Å². The second-order valence-electron chi connectivity index (χ2n) is 5.84. The minimum Gasteiger partial charge on any atom is -0.311 e. The highest BCUT2D eigenvalue weighted by atomic mass is 32.2. The van der Waals surface area contributed by atoms with Crippen LogP contribution in [0.2, 0.25) is 0 Å². The Morgan fingerprint density at radius 1 is 1.12 bits per heavy atom. The van der Waals surface area contributed by atoms with Gasteiger partial charge in [-0.2, -0.15) is 4.68 Å². The van der Waals surface area contributed by atoms with E-state index in [4.69, 9.17) is 0 Å². The predicted octanol–water partition coefficient (Wildman–Crippen LogP) is 2.73. The Morgan fingerprint density at radius 2 is 1.88 bits per heavy atom. The van der Waals surface area contributed by atoms with Gasteiger partial charge in [0.25, 0.3) is 0 Å². The molecule has 7 heteroatoms. The number of carbonyl (C=O) groups is 1. The molecule has 25 heavy (non-hydrogen) atoms. The molecule has 0 radical (unpaired) electrons. The lowest BCUT2D eigenvalue weighted by Crippen LogP contribution is -2.35. The number of amides is 1. The molecule has 0 saturated heterocycles. The van der Waals surface area contributed by atoms with E-state index in [0.29, 0.717) is 5.16 Å².